The van der Waals surface area contributed by atoms with Gasteiger partial charge >= 0.3 is 0 Å². The fourth-order valence-corrected chi connectivity index (χ4v) is 3.07. The molecule has 1 N–H and O–H groups in total. The molecule has 2 rings (SSSR count). The molecule has 0 spiro atoms. The van der Waals surface area contributed by atoms with Gasteiger partial charge in [0.1, 0.15) is 0 Å². The normalized spacial score (nSPS) is 15.7. The molecule has 1 aromatic carbocycles. The zero-order chi connectivity index (χ0) is 15.3. The van der Waals surface area contributed by atoms with E-state index in [9.17, 15) is 13.2 Å². The highest BCUT2D eigenvalue weighted by molar-refractivity contribution is 7.88. The Labute approximate surface area is 126 Å². The molecule has 5 nitrogen and oxygen atoms in total. The number of rotatable bonds is 7. The van der Waals surface area contributed by atoms with E-state index in [1.165, 1.54) is 10.6 Å². The Kier molecular flexibility index (Phi) is 5.36. The quantitative estimate of drug-likeness (QED) is 0.827. The maximum atomic E-state index is 11.8. The molecule has 1 amide bonds. The lowest BCUT2D eigenvalue weighted by molar-refractivity contribution is -0.127. The van der Waals surface area contributed by atoms with E-state index in [0.29, 0.717) is 19.6 Å². The van der Waals surface area contributed by atoms with Crippen molar-refractivity contribution in [2.75, 3.05) is 19.3 Å². The Hall–Kier alpha value is -1.40. The monoisotopic (exact) mass is 310 g/mol. The number of nitrogens with one attached hydrogen (secondary N) is 1. The van der Waals surface area contributed by atoms with Gasteiger partial charge in [-0.1, -0.05) is 36.8 Å². The summed E-state index contributed by atoms with van der Waals surface area (Å²) in [6, 6.07) is 9.45. The molecule has 0 atom stereocenters. The van der Waals surface area contributed by atoms with Crippen molar-refractivity contribution in [1.82, 2.24) is 9.62 Å². The molecule has 0 radical (unpaired) electrons. The Balaban J connectivity index is 1.86. The van der Waals surface area contributed by atoms with E-state index in [1.54, 1.807) is 0 Å². The number of sulfonamides is 1. The molecule has 1 aliphatic rings. The number of hydrogen-bond acceptors (Lipinski definition) is 3. The first kappa shape index (κ1) is 16.0. The second-order valence-corrected chi connectivity index (χ2v) is 7.48. The van der Waals surface area contributed by atoms with Crippen molar-refractivity contribution in [2.45, 2.75) is 25.8 Å². The fraction of sp³-hybridized carbons (Fsp3) is 0.533. The highest BCUT2D eigenvalue weighted by atomic mass is 32.2. The minimum absolute atomic E-state index is 0.0504. The molecule has 0 saturated heterocycles. The molecular formula is C15H22N2O3S. The zero-order valence-corrected chi connectivity index (χ0v) is 13.1. The average Bonchev–Trinajstić information content (AvgIpc) is 2.35. The van der Waals surface area contributed by atoms with Crippen LogP contribution in [0.15, 0.2) is 30.3 Å². The second kappa shape index (κ2) is 7.04. The van der Waals surface area contributed by atoms with Gasteiger partial charge in [0.15, 0.2) is 0 Å². The van der Waals surface area contributed by atoms with Crippen molar-refractivity contribution in [3.63, 3.8) is 0 Å². The first-order chi connectivity index (χ1) is 9.97. The van der Waals surface area contributed by atoms with E-state index in [2.05, 4.69) is 5.32 Å². The maximum absolute atomic E-state index is 11.8. The van der Waals surface area contributed by atoms with Crippen LogP contribution in [-0.4, -0.2) is 38.0 Å². The summed E-state index contributed by atoms with van der Waals surface area (Å²) in [6.45, 7) is 0.987. The van der Waals surface area contributed by atoms with Crippen molar-refractivity contribution >= 4 is 15.9 Å². The summed E-state index contributed by atoms with van der Waals surface area (Å²) in [5.41, 5.74) is 0.938. The van der Waals surface area contributed by atoms with Gasteiger partial charge in [-0.3, -0.25) is 4.79 Å². The van der Waals surface area contributed by atoms with Gasteiger partial charge in [-0.25, -0.2) is 8.42 Å². The highest BCUT2D eigenvalue weighted by Crippen LogP contribution is 2.26. The Morgan fingerprint density at radius 1 is 1.29 bits per heavy atom. The Bertz CT molecular complexity index is 568. The number of carbonyl (C=O) groups excluding carboxylic acids is 1. The molecule has 0 aromatic heterocycles. The Morgan fingerprint density at radius 3 is 2.48 bits per heavy atom. The van der Waals surface area contributed by atoms with E-state index in [1.807, 2.05) is 30.3 Å². The zero-order valence-electron chi connectivity index (χ0n) is 12.3. The minimum atomic E-state index is -3.29. The summed E-state index contributed by atoms with van der Waals surface area (Å²) >= 11 is 0. The van der Waals surface area contributed by atoms with Crippen LogP contribution in [0.5, 0.6) is 0 Å². The van der Waals surface area contributed by atoms with E-state index >= 15 is 0 Å². The van der Waals surface area contributed by atoms with E-state index in [0.717, 1.165) is 24.8 Å². The summed E-state index contributed by atoms with van der Waals surface area (Å²) in [6.07, 6.45) is 4.21. The van der Waals surface area contributed by atoms with Crippen molar-refractivity contribution in [3.05, 3.63) is 35.9 Å². The largest absolute Gasteiger partial charge is 0.355 e. The number of nitrogens with zero attached hydrogens (tertiary/aromatic N) is 1. The molecule has 1 aromatic rings. The molecule has 116 valence electrons. The average molecular weight is 310 g/mol. The predicted molar refractivity (Wildman–Crippen MR) is 82.0 cm³/mol. The van der Waals surface area contributed by atoms with E-state index in [4.69, 9.17) is 0 Å². The van der Waals surface area contributed by atoms with Crippen LogP contribution >= 0.6 is 0 Å². The van der Waals surface area contributed by atoms with Crippen LogP contribution in [0.25, 0.3) is 0 Å². The summed E-state index contributed by atoms with van der Waals surface area (Å²) in [5, 5.41) is 2.83. The van der Waals surface area contributed by atoms with Crippen LogP contribution < -0.4 is 5.32 Å². The fourth-order valence-electron chi connectivity index (χ4n) is 2.27. The lowest BCUT2D eigenvalue weighted by Gasteiger charge is -2.25. The van der Waals surface area contributed by atoms with Gasteiger partial charge in [-0.2, -0.15) is 4.31 Å². The second-order valence-electron chi connectivity index (χ2n) is 5.50. The van der Waals surface area contributed by atoms with Gasteiger partial charge in [0.05, 0.1) is 6.26 Å². The molecule has 0 unspecified atom stereocenters. The lowest BCUT2D eigenvalue weighted by Crippen LogP contribution is -2.40. The van der Waals surface area contributed by atoms with Gasteiger partial charge in [-0.05, 0) is 18.4 Å². The molecule has 1 aliphatic carbocycles. The molecule has 1 saturated carbocycles. The van der Waals surface area contributed by atoms with Crippen molar-refractivity contribution in [2.24, 2.45) is 5.92 Å². The third-order valence-corrected chi connectivity index (χ3v) is 5.06. The van der Waals surface area contributed by atoms with E-state index in [-0.39, 0.29) is 11.8 Å². The van der Waals surface area contributed by atoms with Gasteiger partial charge in [-0.15, -0.1) is 0 Å². The number of amides is 1. The summed E-state index contributed by atoms with van der Waals surface area (Å²) in [5.74, 6) is 0.181. The molecule has 6 heteroatoms. The highest BCUT2D eigenvalue weighted by Gasteiger charge is 2.25. The van der Waals surface area contributed by atoms with Crippen LogP contribution in [0.4, 0.5) is 0 Å². The van der Waals surface area contributed by atoms with Gasteiger partial charge in [0, 0.05) is 25.6 Å². The van der Waals surface area contributed by atoms with Crippen LogP contribution in [0.3, 0.4) is 0 Å². The van der Waals surface area contributed by atoms with Crippen LogP contribution in [-0.2, 0) is 21.4 Å². The smallest absolute Gasteiger partial charge is 0.223 e. The third kappa shape index (κ3) is 4.82. The molecule has 0 heterocycles. The van der Waals surface area contributed by atoms with Crippen LogP contribution in [0, 0.1) is 5.92 Å². The number of carbonyl (C=O) groups is 1. The summed E-state index contributed by atoms with van der Waals surface area (Å²) < 4.78 is 25.0. The number of hydrogen-bond donors (Lipinski definition) is 1. The molecule has 1 fully saturated rings. The SMILES string of the molecule is CS(=O)(=O)N(CCNC(=O)C1CCC1)Cc1ccccc1. The van der Waals surface area contributed by atoms with Gasteiger partial charge < -0.3 is 5.32 Å². The van der Waals surface area contributed by atoms with Crippen molar-refractivity contribution in [1.29, 1.82) is 0 Å². The van der Waals surface area contributed by atoms with E-state index < -0.39 is 10.0 Å². The topological polar surface area (TPSA) is 66.5 Å². The van der Waals surface area contributed by atoms with Crippen LogP contribution in [0.2, 0.25) is 0 Å². The van der Waals surface area contributed by atoms with Crippen molar-refractivity contribution in [3.8, 4) is 0 Å². The van der Waals surface area contributed by atoms with Crippen LogP contribution in [0.1, 0.15) is 24.8 Å². The standard InChI is InChI=1S/C15H22N2O3S/c1-21(19,20)17(12-13-6-3-2-4-7-13)11-10-16-15(18)14-8-5-9-14/h2-4,6-7,14H,5,8-12H2,1H3,(H,16,18). The number of benzene rings is 1. The summed E-state index contributed by atoms with van der Waals surface area (Å²) in [7, 11) is -3.29. The maximum Gasteiger partial charge on any atom is 0.223 e. The first-order valence-electron chi connectivity index (χ1n) is 7.23. The minimum Gasteiger partial charge on any atom is -0.355 e. The summed E-state index contributed by atoms with van der Waals surface area (Å²) in [4.78, 5) is 11.7. The predicted octanol–water partition coefficient (Wildman–Crippen LogP) is 1.36. The molecule has 0 bridgehead atoms. The third-order valence-electron chi connectivity index (χ3n) is 3.81. The lowest BCUT2D eigenvalue weighted by atomic mass is 9.85. The molecule has 21 heavy (non-hydrogen) atoms. The van der Waals surface area contributed by atoms with Gasteiger partial charge in [0.25, 0.3) is 0 Å². The van der Waals surface area contributed by atoms with Crippen molar-refractivity contribution < 1.29 is 13.2 Å². The Morgan fingerprint density at radius 2 is 1.95 bits per heavy atom. The molecule has 0 aliphatic heterocycles. The van der Waals surface area contributed by atoms with Gasteiger partial charge in [0.2, 0.25) is 15.9 Å². The first-order valence-corrected chi connectivity index (χ1v) is 9.08. The molecular weight excluding hydrogens is 288 g/mol.